The van der Waals surface area contributed by atoms with Crippen molar-refractivity contribution in [1.29, 1.82) is 0 Å². The van der Waals surface area contributed by atoms with Gasteiger partial charge in [-0.25, -0.2) is 14.4 Å². The summed E-state index contributed by atoms with van der Waals surface area (Å²) in [6, 6.07) is 7.26. The van der Waals surface area contributed by atoms with Crippen LogP contribution in [0.5, 0.6) is 0 Å². The highest BCUT2D eigenvalue weighted by Gasteiger charge is 2.29. The molecule has 2 fully saturated rings. The molecule has 32 heavy (non-hydrogen) atoms. The summed E-state index contributed by atoms with van der Waals surface area (Å²) in [5.74, 6) is 0.397. The van der Waals surface area contributed by atoms with Crippen molar-refractivity contribution in [3.05, 3.63) is 59.2 Å². The quantitative estimate of drug-likeness (QED) is 0.692. The predicted octanol–water partition coefficient (Wildman–Crippen LogP) is 2.93. The Balaban J connectivity index is 1.20. The third-order valence-electron chi connectivity index (χ3n) is 7.02. The predicted molar refractivity (Wildman–Crippen MR) is 123 cm³/mol. The Labute approximate surface area is 188 Å². The Kier molecular flexibility index (Phi) is 6.17. The summed E-state index contributed by atoms with van der Waals surface area (Å²) in [5.41, 5.74) is 2.59. The van der Waals surface area contributed by atoms with Gasteiger partial charge in [0.15, 0.2) is 0 Å². The summed E-state index contributed by atoms with van der Waals surface area (Å²) < 4.78 is 13.8. The molecular weight excluding hydrogens is 405 g/mol. The van der Waals surface area contributed by atoms with Gasteiger partial charge in [-0.2, -0.15) is 0 Å². The molecule has 2 aliphatic heterocycles. The minimum atomic E-state index is -0.323. The zero-order valence-corrected chi connectivity index (χ0v) is 18.4. The van der Waals surface area contributed by atoms with Crippen LogP contribution in [-0.2, 0) is 17.6 Å². The lowest BCUT2D eigenvalue weighted by atomic mass is 9.91. The minimum Gasteiger partial charge on any atom is -0.338 e. The van der Waals surface area contributed by atoms with Gasteiger partial charge in [0.2, 0.25) is 11.9 Å². The first-order chi connectivity index (χ1) is 15.7. The number of fused-ring (bicyclic) bond motifs is 1. The van der Waals surface area contributed by atoms with E-state index in [2.05, 4.69) is 14.8 Å². The molecule has 0 unspecified atom stereocenters. The van der Waals surface area contributed by atoms with Gasteiger partial charge >= 0.3 is 0 Å². The number of carbonyl (C=O) groups is 1. The van der Waals surface area contributed by atoms with Crippen LogP contribution < -0.4 is 4.90 Å². The molecule has 1 saturated carbocycles. The fraction of sp³-hybridized carbons (Fsp3) is 0.480. The molecule has 0 radical (unpaired) electrons. The van der Waals surface area contributed by atoms with Crippen molar-refractivity contribution in [2.75, 3.05) is 44.2 Å². The monoisotopic (exact) mass is 435 g/mol. The number of amides is 1. The normalized spacial score (nSPS) is 20.2. The van der Waals surface area contributed by atoms with Gasteiger partial charge in [0, 0.05) is 69.6 Å². The smallest absolute Gasteiger partial charge is 0.246 e. The standard InChI is InChI=1S/C25H30FN5O/c26-22-7-2-1-4-19(22)8-9-24(32)30-12-10-20-18-27-25(28-23(20)11-13-30)31-16-14-29(15-17-31)21-5-3-6-21/h1-2,4,7-9,18,21H,3,5-6,10-17H2. The first-order valence-electron chi connectivity index (χ1n) is 11.7. The number of halogens is 1. The number of hydrogen-bond acceptors (Lipinski definition) is 5. The van der Waals surface area contributed by atoms with E-state index in [0.717, 1.165) is 55.8 Å². The molecule has 1 saturated heterocycles. The van der Waals surface area contributed by atoms with Crippen LogP contribution in [-0.4, -0.2) is 71.0 Å². The van der Waals surface area contributed by atoms with Crippen molar-refractivity contribution in [2.45, 2.75) is 38.1 Å². The second kappa shape index (κ2) is 9.36. The van der Waals surface area contributed by atoms with Crippen molar-refractivity contribution in [2.24, 2.45) is 0 Å². The van der Waals surface area contributed by atoms with E-state index in [4.69, 9.17) is 4.98 Å². The number of anilines is 1. The van der Waals surface area contributed by atoms with Crippen LogP contribution in [0.25, 0.3) is 6.08 Å². The maximum atomic E-state index is 13.8. The van der Waals surface area contributed by atoms with E-state index >= 15 is 0 Å². The van der Waals surface area contributed by atoms with E-state index in [1.165, 1.54) is 31.4 Å². The molecular formula is C25H30FN5O. The summed E-state index contributed by atoms with van der Waals surface area (Å²) >= 11 is 0. The number of piperazine rings is 1. The van der Waals surface area contributed by atoms with Gasteiger partial charge in [-0.3, -0.25) is 9.69 Å². The first-order valence-corrected chi connectivity index (χ1v) is 11.7. The molecule has 0 N–H and O–H groups in total. The van der Waals surface area contributed by atoms with Crippen LogP contribution in [0.15, 0.2) is 36.5 Å². The molecule has 3 heterocycles. The van der Waals surface area contributed by atoms with Crippen LogP contribution in [0.2, 0.25) is 0 Å². The SMILES string of the molecule is O=C(C=Cc1ccccc1F)N1CCc2cnc(N3CCN(C4CCC4)CC3)nc2CC1. The summed E-state index contributed by atoms with van der Waals surface area (Å²) in [6.07, 6.45) is 10.5. The van der Waals surface area contributed by atoms with Crippen LogP contribution in [0.1, 0.15) is 36.1 Å². The molecule has 6 nitrogen and oxygen atoms in total. The maximum Gasteiger partial charge on any atom is 0.246 e. The molecule has 1 aromatic heterocycles. The molecule has 1 aromatic carbocycles. The van der Waals surface area contributed by atoms with Crippen LogP contribution in [0.4, 0.5) is 10.3 Å². The van der Waals surface area contributed by atoms with E-state index in [1.807, 2.05) is 11.1 Å². The second-order valence-corrected chi connectivity index (χ2v) is 8.93. The van der Waals surface area contributed by atoms with E-state index in [9.17, 15) is 9.18 Å². The lowest BCUT2D eigenvalue weighted by molar-refractivity contribution is -0.125. The Morgan fingerprint density at radius 2 is 1.81 bits per heavy atom. The molecule has 0 atom stereocenters. The molecule has 0 bridgehead atoms. The van der Waals surface area contributed by atoms with Crippen molar-refractivity contribution in [3.8, 4) is 0 Å². The highest BCUT2D eigenvalue weighted by Crippen LogP contribution is 2.26. The zero-order valence-electron chi connectivity index (χ0n) is 18.4. The molecule has 1 aliphatic carbocycles. The largest absolute Gasteiger partial charge is 0.338 e. The summed E-state index contributed by atoms with van der Waals surface area (Å²) in [5, 5.41) is 0. The molecule has 0 spiro atoms. The van der Waals surface area contributed by atoms with Gasteiger partial charge < -0.3 is 9.80 Å². The van der Waals surface area contributed by atoms with E-state index < -0.39 is 0 Å². The van der Waals surface area contributed by atoms with Crippen LogP contribution >= 0.6 is 0 Å². The molecule has 3 aliphatic rings. The average Bonchev–Trinajstić information content (AvgIpc) is 3.00. The van der Waals surface area contributed by atoms with Crippen molar-refractivity contribution < 1.29 is 9.18 Å². The Morgan fingerprint density at radius 1 is 1.03 bits per heavy atom. The fourth-order valence-corrected chi connectivity index (χ4v) is 4.75. The number of nitrogens with zero attached hydrogens (tertiary/aromatic N) is 5. The number of rotatable bonds is 4. The Hall–Kier alpha value is -2.80. The van der Waals surface area contributed by atoms with Gasteiger partial charge in [0.05, 0.1) is 5.69 Å². The van der Waals surface area contributed by atoms with Gasteiger partial charge in [0.1, 0.15) is 5.82 Å². The number of hydrogen-bond donors (Lipinski definition) is 0. The lowest BCUT2D eigenvalue weighted by Gasteiger charge is -2.43. The Morgan fingerprint density at radius 3 is 2.56 bits per heavy atom. The van der Waals surface area contributed by atoms with Gasteiger partial charge in [0.25, 0.3) is 0 Å². The van der Waals surface area contributed by atoms with E-state index in [1.54, 1.807) is 24.3 Å². The topological polar surface area (TPSA) is 52.6 Å². The highest BCUT2D eigenvalue weighted by atomic mass is 19.1. The highest BCUT2D eigenvalue weighted by molar-refractivity contribution is 5.91. The first kappa shape index (κ1) is 21.1. The third kappa shape index (κ3) is 4.53. The number of benzene rings is 1. The maximum absolute atomic E-state index is 13.8. The molecule has 5 rings (SSSR count). The molecule has 1 amide bonds. The summed E-state index contributed by atoms with van der Waals surface area (Å²) in [4.78, 5) is 28.9. The van der Waals surface area contributed by atoms with Gasteiger partial charge in [-0.15, -0.1) is 0 Å². The van der Waals surface area contributed by atoms with Crippen molar-refractivity contribution in [1.82, 2.24) is 19.8 Å². The second-order valence-electron chi connectivity index (χ2n) is 8.93. The van der Waals surface area contributed by atoms with Crippen molar-refractivity contribution >= 4 is 17.9 Å². The molecule has 2 aromatic rings. The van der Waals surface area contributed by atoms with Crippen molar-refractivity contribution in [3.63, 3.8) is 0 Å². The van der Waals surface area contributed by atoms with E-state index in [-0.39, 0.29) is 11.7 Å². The fourth-order valence-electron chi connectivity index (χ4n) is 4.75. The van der Waals surface area contributed by atoms with Crippen LogP contribution in [0.3, 0.4) is 0 Å². The molecule has 7 heteroatoms. The molecule has 168 valence electrons. The van der Waals surface area contributed by atoms with Gasteiger partial charge in [-0.05, 0) is 37.0 Å². The number of aromatic nitrogens is 2. The minimum absolute atomic E-state index is 0.0960. The van der Waals surface area contributed by atoms with E-state index in [0.29, 0.717) is 25.1 Å². The lowest BCUT2D eigenvalue weighted by Crippen LogP contribution is -2.52. The summed E-state index contributed by atoms with van der Waals surface area (Å²) in [7, 11) is 0. The zero-order chi connectivity index (χ0) is 21.9. The third-order valence-corrected chi connectivity index (χ3v) is 7.02. The average molecular weight is 436 g/mol. The van der Waals surface area contributed by atoms with Gasteiger partial charge in [-0.1, -0.05) is 24.6 Å². The number of carbonyl (C=O) groups excluding carboxylic acids is 1. The summed E-state index contributed by atoms with van der Waals surface area (Å²) in [6.45, 7) is 5.35. The Bertz CT molecular complexity index is 998. The van der Waals surface area contributed by atoms with Crippen LogP contribution in [0, 0.1) is 5.82 Å².